The number of ether oxygens (including phenoxy) is 2. The Hall–Kier alpha value is -2.60. The third kappa shape index (κ3) is 2.69. The molecule has 0 amide bonds. The smallest absolute Gasteiger partial charge is 0.395 e. The zero-order chi connectivity index (χ0) is 16.9. The normalized spacial score (nSPS) is 14.8. The molecule has 0 saturated heterocycles. The number of hydrogen-bond acceptors (Lipinski definition) is 4. The second kappa shape index (κ2) is 5.21. The Kier molecular flexibility index (Phi) is 3.25. The van der Waals surface area contributed by atoms with E-state index in [4.69, 9.17) is 11.6 Å². The van der Waals surface area contributed by atoms with E-state index in [1.54, 1.807) is 12.1 Å². The molecule has 0 unspecified atom stereocenters. The van der Waals surface area contributed by atoms with Crippen molar-refractivity contribution in [2.45, 2.75) is 13.2 Å². The Morgan fingerprint density at radius 2 is 1.83 bits per heavy atom. The Morgan fingerprint density at radius 1 is 1.04 bits per heavy atom. The molecule has 2 aromatic carbocycles. The minimum atomic E-state index is -3.63. The lowest BCUT2D eigenvalue weighted by atomic mass is 10.1. The van der Waals surface area contributed by atoms with Gasteiger partial charge in [-0.3, -0.25) is 0 Å². The molecule has 0 atom stereocenters. The summed E-state index contributed by atoms with van der Waals surface area (Å²) in [5.41, 5.74) is 2.26. The first-order valence-corrected chi connectivity index (χ1v) is 7.51. The first-order chi connectivity index (χ1) is 11.4. The number of pyridine rings is 1. The Labute approximate surface area is 141 Å². The number of aryl methyl sites for hydroxylation is 1. The quantitative estimate of drug-likeness (QED) is 0.686. The van der Waals surface area contributed by atoms with E-state index in [-0.39, 0.29) is 11.5 Å². The molecule has 3 aromatic rings. The molecule has 0 aliphatic carbocycles. The highest BCUT2D eigenvalue weighted by atomic mass is 35.5. The van der Waals surface area contributed by atoms with E-state index in [1.165, 1.54) is 12.1 Å². The van der Waals surface area contributed by atoms with Crippen molar-refractivity contribution in [3.63, 3.8) is 0 Å². The lowest BCUT2D eigenvalue weighted by molar-refractivity contribution is -0.286. The van der Waals surface area contributed by atoms with Crippen LogP contribution in [0.5, 0.6) is 11.5 Å². The van der Waals surface area contributed by atoms with Crippen molar-refractivity contribution in [2.24, 2.45) is 0 Å². The molecule has 4 nitrogen and oxygen atoms in total. The number of anilines is 2. The average molecular weight is 349 g/mol. The molecule has 1 N–H and O–H groups in total. The molecule has 1 aliphatic heterocycles. The van der Waals surface area contributed by atoms with Gasteiger partial charge in [-0.2, -0.15) is 0 Å². The predicted molar refractivity (Wildman–Crippen MR) is 87.4 cm³/mol. The number of aromatic nitrogens is 1. The van der Waals surface area contributed by atoms with Gasteiger partial charge < -0.3 is 14.8 Å². The van der Waals surface area contributed by atoms with Gasteiger partial charge in [0.2, 0.25) is 0 Å². The van der Waals surface area contributed by atoms with E-state index in [0.717, 1.165) is 10.9 Å². The topological polar surface area (TPSA) is 43.4 Å². The van der Waals surface area contributed by atoms with Crippen LogP contribution in [0.2, 0.25) is 5.02 Å². The zero-order valence-corrected chi connectivity index (χ0v) is 13.2. The summed E-state index contributed by atoms with van der Waals surface area (Å²) in [6.45, 7) is 1.96. The molecular formula is C17H11ClF2N2O2. The lowest BCUT2D eigenvalue weighted by Gasteiger charge is -2.09. The molecule has 0 fully saturated rings. The van der Waals surface area contributed by atoms with E-state index in [2.05, 4.69) is 19.8 Å². The van der Waals surface area contributed by atoms with Gasteiger partial charge in [-0.15, -0.1) is 8.78 Å². The van der Waals surface area contributed by atoms with Gasteiger partial charge in [0.1, 0.15) is 5.82 Å². The van der Waals surface area contributed by atoms with E-state index >= 15 is 0 Å². The van der Waals surface area contributed by atoms with E-state index in [0.29, 0.717) is 22.0 Å². The first-order valence-electron chi connectivity index (χ1n) is 7.13. The summed E-state index contributed by atoms with van der Waals surface area (Å²) in [6, 6.07) is 12.0. The van der Waals surface area contributed by atoms with Crippen molar-refractivity contribution >= 4 is 34.0 Å². The van der Waals surface area contributed by atoms with Gasteiger partial charge >= 0.3 is 6.29 Å². The van der Waals surface area contributed by atoms with Gasteiger partial charge in [0.25, 0.3) is 0 Å². The van der Waals surface area contributed by atoms with Crippen molar-refractivity contribution in [3.8, 4) is 11.5 Å². The van der Waals surface area contributed by atoms with Gasteiger partial charge in [-0.25, -0.2) is 4.98 Å². The predicted octanol–water partition coefficient (Wildman–Crippen LogP) is 5.26. The molecule has 24 heavy (non-hydrogen) atoms. The molecule has 2 heterocycles. The fraction of sp³-hybridized carbons (Fsp3) is 0.118. The summed E-state index contributed by atoms with van der Waals surface area (Å²) in [5.74, 6) is 0.508. The van der Waals surface area contributed by atoms with Crippen molar-refractivity contribution in [2.75, 3.05) is 5.32 Å². The average Bonchev–Trinajstić information content (AvgIpc) is 2.81. The van der Waals surface area contributed by atoms with Crippen molar-refractivity contribution in [1.82, 2.24) is 4.98 Å². The number of fused-ring (bicyclic) bond motifs is 2. The monoisotopic (exact) mass is 348 g/mol. The van der Waals surface area contributed by atoms with Crippen LogP contribution in [0.4, 0.5) is 20.3 Å². The number of nitrogens with one attached hydrogen (secondary N) is 1. The van der Waals surface area contributed by atoms with Gasteiger partial charge in [-0.05, 0) is 48.9 Å². The maximum Gasteiger partial charge on any atom is 0.586 e. The van der Waals surface area contributed by atoms with Crippen LogP contribution in [0.15, 0.2) is 42.5 Å². The van der Waals surface area contributed by atoms with Crippen LogP contribution in [-0.2, 0) is 0 Å². The summed E-state index contributed by atoms with van der Waals surface area (Å²) in [7, 11) is 0. The minimum absolute atomic E-state index is 0.00413. The van der Waals surface area contributed by atoms with Crippen LogP contribution < -0.4 is 14.8 Å². The Balaban J connectivity index is 1.66. The molecule has 0 spiro atoms. The third-order valence-corrected chi connectivity index (χ3v) is 3.85. The zero-order valence-electron chi connectivity index (χ0n) is 12.4. The fourth-order valence-electron chi connectivity index (χ4n) is 2.58. The van der Waals surface area contributed by atoms with Crippen LogP contribution in [0.25, 0.3) is 10.9 Å². The third-order valence-electron chi connectivity index (χ3n) is 3.56. The minimum Gasteiger partial charge on any atom is -0.395 e. The van der Waals surface area contributed by atoms with Crippen LogP contribution in [-0.4, -0.2) is 11.3 Å². The second-order valence-electron chi connectivity index (χ2n) is 5.47. The van der Waals surface area contributed by atoms with Gasteiger partial charge in [-0.1, -0.05) is 11.6 Å². The standard InChI is InChI=1S/C17H11ClF2N2O2/c1-9-6-10-2-5-15(22-16(10)12(18)7-9)21-11-3-4-13-14(8-11)24-17(19,20)23-13/h2-8H,1H3,(H,21,22). The van der Waals surface area contributed by atoms with E-state index < -0.39 is 6.29 Å². The summed E-state index contributed by atoms with van der Waals surface area (Å²) in [5, 5.41) is 4.53. The SMILES string of the molecule is Cc1cc(Cl)c2nc(Nc3ccc4c(c3)OC(F)(F)O4)ccc2c1. The molecule has 1 aliphatic rings. The van der Waals surface area contributed by atoms with Gasteiger partial charge in [0, 0.05) is 17.1 Å². The van der Waals surface area contributed by atoms with Gasteiger partial charge in [0.15, 0.2) is 11.5 Å². The number of halogens is 3. The Bertz CT molecular complexity index is 963. The largest absolute Gasteiger partial charge is 0.586 e. The summed E-state index contributed by atoms with van der Waals surface area (Å²) >= 11 is 6.24. The lowest BCUT2D eigenvalue weighted by Crippen LogP contribution is -2.25. The summed E-state index contributed by atoms with van der Waals surface area (Å²) in [6.07, 6.45) is -3.63. The molecule has 0 saturated carbocycles. The number of rotatable bonds is 2. The maximum atomic E-state index is 13.1. The van der Waals surface area contributed by atoms with E-state index in [9.17, 15) is 8.78 Å². The molecule has 7 heteroatoms. The Morgan fingerprint density at radius 3 is 2.67 bits per heavy atom. The number of nitrogens with zero attached hydrogens (tertiary/aromatic N) is 1. The second-order valence-corrected chi connectivity index (χ2v) is 5.88. The molecule has 0 bridgehead atoms. The maximum absolute atomic E-state index is 13.1. The highest BCUT2D eigenvalue weighted by Gasteiger charge is 2.43. The molecular weight excluding hydrogens is 338 g/mol. The number of hydrogen-bond donors (Lipinski definition) is 1. The highest BCUT2D eigenvalue weighted by Crippen LogP contribution is 2.42. The number of alkyl halides is 2. The van der Waals surface area contributed by atoms with E-state index in [1.807, 2.05) is 25.1 Å². The number of benzene rings is 2. The first kappa shape index (κ1) is 15.0. The van der Waals surface area contributed by atoms with Crippen LogP contribution in [0.3, 0.4) is 0 Å². The van der Waals surface area contributed by atoms with Crippen molar-refractivity contribution in [3.05, 3.63) is 53.1 Å². The molecule has 4 rings (SSSR count). The van der Waals surface area contributed by atoms with Crippen LogP contribution in [0, 0.1) is 6.92 Å². The summed E-state index contributed by atoms with van der Waals surface area (Å²) < 4.78 is 34.9. The fourth-order valence-corrected chi connectivity index (χ4v) is 2.90. The van der Waals surface area contributed by atoms with Crippen LogP contribution >= 0.6 is 11.6 Å². The molecule has 122 valence electrons. The van der Waals surface area contributed by atoms with Crippen molar-refractivity contribution in [1.29, 1.82) is 0 Å². The van der Waals surface area contributed by atoms with Crippen LogP contribution in [0.1, 0.15) is 5.56 Å². The van der Waals surface area contributed by atoms with Crippen molar-refractivity contribution < 1.29 is 18.3 Å². The molecule has 0 radical (unpaired) electrons. The summed E-state index contributed by atoms with van der Waals surface area (Å²) in [4.78, 5) is 4.47. The van der Waals surface area contributed by atoms with Gasteiger partial charge in [0.05, 0.1) is 10.5 Å². The molecule has 1 aromatic heterocycles. The highest BCUT2D eigenvalue weighted by molar-refractivity contribution is 6.35.